The zero-order valence-corrected chi connectivity index (χ0v) is 17.8. The summed E-state index contributed by atoms with van der Waals surface area (Å²) in [6, 6.07) is 5.69. The number of hydrogen-bond donors (Lipinski definition) is 1. The smallest absolute Gasteiger partial charge is 0.317 e. The molecule has 2 aromatic rings. The van der Waals surface area contributed by atoms with Crippen molar-refractivity contribution < 1.29 is 13.9 Å². The summed E-state index contributed by atoms with van der Waals surface area (Å²) in [6.45, 7) is 9.05. The molecule has 0 spiro atoms. The van der Waals surface area contributed by atoms with E-state index in [1.165, 1.54) is 12.1 Å². The number of anilines is 1. The van der Waals surface area contributed by atoms with Gasteiger partial charge in [0.15, 0.2) is 0 Å². The molecule has 0 saturated carbocycles. The van der Waals surface area contributed by atoms with Gasteiger partial charge in [-0.2, -0.15) is 4.98 Å². The van der Waals surface area contributed by atoms with E-state index >= 15 is 0 Å². The van der Waals surface area contributed by atoms with Gasteiger partial charge in [0.1, 0.15) is 11.6 Å². The molecule has 0 unspecified atom stereocenters. The number of amides is 2. The lowest BCUT2D eigenvalue weighted by Crippen LogP contribution is -2.43. The van der Waals surface area contributed by atoms with E-state index in [-0.39, 0.29) is 11.8 Å². The van der Waals surface area contributed by atoms with Crippen molar-refractivity contribution >= 4 is 12.0 Å². The molecule has 4 rings (SSSR count). The number of fused-ring (bicyclic) bond motifs is 1. The van der Waals surface area contributed by atoms with Crippen molar-refractivity contribution in [3.63, 3.8) is 0 Å². The van der Waals surface area contributed by atoms with E-state index in [1.807, 2.05) is 0 Å². The number of ether oxygens (including phenoxy) is 1. The van der Waals surface area contributed by atoms with Crippen LogP contribution in [0.25, 0.3) is 0 Å². The summed E-state index contributed by atoms with van der Waals surface area (Å²) < 4.78 is 19.4. The summed E-state index contributed by atoms with van der Waals surface area (Å²) in [5.41, 5.74) is 1.69. The largest absolute Gasteiger partial charge is 0.438 e. The third-order valence-corrected chi connectivity index (χ3v) is 5.79. The first-order valence-electron chi connectivity index (χ1n) is 10.8. The molecule has 1 fully saturated rings. The van der Waals surface area contributed by atoms with E-state index in [2.05, 4.69) is 23.7 Å². The Bertz CT molecular complexity index is 942. The number of nitrogens with one attached hydrogen (secondary N) is 1. The number of halogens is 1. The lowest BCUT2D eigenvalue weighted by molar-refractivity contribution is 0.192. The molecule has 0 radical (unpaired) electrons. The van der Waals surface area contributed by atoms with Crippen LogP contribution in [-0.2, 0) is 13.0 Å². The fraction of sp³-hybridized carbons (Fsp3) is 0.435. The Balaban J connectivity index is 1.64. The quantitative estimate of drug-likeness (QED) is 0.736. The molecule has 1 saturated heterocycles. The van der Waals surface area contributed by atoms with E-state index in [4.69, 9.17) is 14.7 Å². The molecule has 0 atom stereocenters. The first-order valence-corrected chi connectivity index (χ1v) is 10.8. The van der Waals surface area contributed by atoms with Gasteiger partial charge in [0, 0.05) is 32.6 Å². The lowest BCUT2D eigenvalue weighted by Gasteiger charge is -2.33. The number of carbonyl (C=O) groups excluding carboxylic acids is 1. The predicted molar refractivity (Wildman–Crippen MR) is 117 cm³/mol. The van der Waals surface area contributed by atoms with Crippen LogP contribution < -0.4 is 15.0 Å². The monoisotopic (exact) mass is 425 g/mol. The average molecular weight is 426 g/mol. The molecular weight excluding hydrogens is 397 g/mol. The summed E-state index contributed by atoms with van der Waals surface area (Å²) in [5, 5.41) is 2.81. The molecule has 3 heterocycles. The van der Waals surface area contributed by atoms with Crippen molar-refractivity contribution in [2.75, 3.05) is 31.1 Å². The van der Waals surface area contributed by atoms with Crippen LogP contribution in [-0.4, -0.2) is 47.1 Å². The topological polar surface area (TPSA) is 70.6 Å². The Kier molecular flexibility index (Phi) is 6.34. The van der Waals surface area contributed by atoms with Crippen molar-refractivity contribution in [3.05, 3.63) is 54.0 Å². The maximum atomic E-state index is 13.3. The first-order chi connectivity index (χ1) is 15.0. The lowest BCUT2D eigenvalue weighted by atomic mass is 9.99. The van der Waals surface area contributed by atoms with Gasteiger partial charge in [-0.1, -0.05) is 13.0 Å². The summed E-state index contributed by atoms with van der Waals surface area (Å²) in [6.07, 6.45) is 4.47. The molecule has 31 heavy (non-hydrogen) atoms. The standard InChI is InChI=1S/C23H28FN5O2/c1-3-11-25-23(30)29-14-10-20-19(15-29)21(31-18-6-4-17(24)5-7-18)27-22(26-20)28-12-8-16(2)9-13-28/h3-7,16H,1,8-15H2,2H3,(H,25,30). The molecule has 8 heteroatoms. The molecular formula is C23H28FN5O2. The van der Waals surface area contributed by atoms with E-state index in [0.717, 1.165) is 37.2 Å². The van der Waals surface area contributed by atoms with Gasteiger partial charge in [0.2, 0.25) is 11.8 Å². The average Bonchev–Trinajstić information content (AvgIpc) is 2.79. The maximum absolute atomic E-state index is 13.3. The van der Waals surface area contributed by atoms with Crippen LogP contribution in [0.15, 0.2) is 36.9 Å². The van der Waals surface area contributed by atoms with E-state index in [0.29, 0.717) is 49.6 Å². The third kappa shape index (κ3) is 4.95. The number of carbonyl (C=O) groups is 1. The van der Waals surface area contributed by atoms with Crippen LogP contribution in [0.4, 0.5) is 15.1 Å². The highest BCUT2D eigenvalue weighted by Gasteiger charge is 2.28. The molecule has 2 aliphatic rings. The summed E-state index contributed by atoms with van der Waals surface area (Å²) in [7, 11) is 0. The summed E-state index contributed by atoms with van der Waals surface area (Å²) >= 11 is 0. The number of aromatic nitrogens is 2. The Labute approximate surface area is 181 Å². The number of piperidine rings is 1. The van der Waals surface area contributed by atoms with Crippen molar-refractivity contribution in [1.82, 2.24) is 20.2 Å². The van der Waals surface area contributed by atoms with Gasteiger partial charge in [0.05, 0.1) is 17.8 Å². The van der Waals surface area contributed by atoms with Crippen LogP contribution in [0.3, 0.4) is 0 Å². The van der Waals surface area contributed by atoms with Gasteiger partial charge in [-0.3, -0.25) is 0 Å². The molecule has 0 bridgehead atoms. The fourth-order valence-electron chi connectivity index (χ4n) is 3.86. The van der Waals surface area contributed by atoms with Crippen LogP contribution in [0, 0.1) is 11.7 Å². The first kappa shape index (κ1) is 21.1. The van der Waals surface area contributed by atoms with Crippen molar-refractivity contribution in [2.24, 2.45) is 5.92 Å². The summed E-state index contributed by atoms with van der Waals surface area (Å²) in [5.74, 6) is 1.95. The zero-order valence-electron chi connectivity index (χ0n) is 17.8. The van der Waals surface area contributed by atoms with Gasteiger partial charge in [-0.05, 0) is 43.0 Å². The summed E-state index contributed by atoms with van der Waals surface area (Å²) in [4.78, 5) is 25.9. The Morgan fingerprint density at radius 3 is 2.71 bits per heavy atom. The predicted octanol–water partition coefficient (Wildman–Crippen LogP) is 3.90. The van der Waals surface area contributed by atoms with E-state index < -0.39 is 0 Å². The molecule has 1 N–H and O–H groups in total. The van der Waals surface area contributed by atoms with Gasteiger partial charge in [-0.25, -0.2) is 14.2 Å². The molecule has 1 aromatic heterocycles. The Morgan fingerprint density at radius 1 is 1.26 bits per heavy atom. The SMILES string of the molecule is C=CCNC(=O)N1CCc2nc(N3CCC(C)CC3)nc(Oc3ccc(F)cc3)c2C1. The second kappa shape index (κ2) is 9.32. The molecule has 164 valence electrons. The molecule has 2 amide bonds. The maximum Gasteiger partial charge on any atom is 0.317 e. The van der Waals surface area contributed by atoms with E-state index in [9.17, 15) is 9.18 Å². The third-order valence-electron chi connectivity index (χ3n) is 5.79. The van der Waals surface area contributed by atoms with Crippen LogP contribution in [0.5, 0.6) is 11.6 Å². The van der Waals surface area contributed by atoms with Crippen LogP contribution in [0.2, 0.25) is 0 Å². The molecule has 7 nitrogen and oxygen atoms in total. The normalized spacial score (nSPS) is 16.6. The highest BCUT2D eigenvalue weighted by molar-refractivity contribution is 5.74. The second-order valence-corrected chi connectivity index (χ2v) is 8.13. The highest BCUT2D eigenvalue weighted by atomic mass is 19.1. The second-order valence-electron chi connectivity index (χ2n) is 8.13. The minimum Gasteiger partial charge on any atom is -0.438 e. The number of rotatable bonds is 5. The number of hydrogen-bond acceptors (Lipinski definition) is 5. The van der Waals surface area contributed by atoms with Crippen molar-refractivity contribution in [3.8, 4) is 11.6 Å². The zero-order chi connectivity index (χ0) is 21.8. The van der Waals surface area contributed by atoms with Crippen molar-refractivity contribution in [1.29, 1.82) is 0 Å². The highest BCUT2D eigenvalue weighted by Crippen LogP contribution is 2.32. The van der Waals surface area contributed by atoms with E-state index in [1.54, 1.807) is 23.1 Å². The minimum atomic E-state index is -0.328. The fourth-order valence-corrected chi connectivity index (χ4v) is 3.86. The van der Waals surface area contributed by atoms with Crippen LogP contribution >= 0.6 is 0 Å². The minimum absolute atomic E-state index is 0.160. The number of urea groups is 1. The van der Waals surface area contributed by atoms with Gasteiger partial charge < -0.3 is 19.9 Å². The molecule has 0 aliphatic carbocycles. The van der Waals surface area contributed by atoms with Gasteiger partial charge in [0.25, 0.3) is 0 Å². The number of benzene rings is 1. The number of nitrogens with zero attached hydrogens (tertiary/aromatic N) is 4. The Morgan fingerprint density at radius 2 is 2.00 bits per heavy atom. The van der Waals surface area contributed by atoms with Crippen LogP contribution in [0.1, 0.15) is 31.0 Å². The Hall–Kier alpha value is -3.16. The van der Waals surface area contributed by atoms with Crippen molar-refractivity contribution in [2.45, 2.75) is 32.7 Å². The van der Waals surface area contributed by atoms with Gasteiger partial charge in [-0.15, -0.1) is 6.58 Å². The molecule has 2 aliphatic heterocycles. The molecule has 1 aromatic carbocycles. The van der Waals surface area contributed by atoms with Gasteiger partial charge >= 0.3 is 6.03 Å².